The SMILES string of the molecule is CC(C)(C)c1ccc(C2NC(=O)C(C=O)=C2O)cc1. The van der Waals surface area contributed by atoms with Crippen LogP contribution in [0.25, 0.3) is 0 Å². The van der Waals surface area contributed by atoms with Gasteiger partial charge < -0.3 is 10.4 Å². The van der Waals surface area contributed by atoms with Crippen LogP contribution in [0.15, 0.2) is 35.6 Å². The van der Waals surface area contributed by atoms with Gasteiger partial charge in [0.2, 0.25) is 0 Å². The van der Waals surface area contributed by atoms with E-state index in [1.165, 1.54) is 5.56 Å². The first-order valence-electron chi connectivity index (χ1n) is 6.14. The molecule has 100 valence electrons. The number of benzene rings is 1. The Morgan fingerprint density at radius 1 is 1.21 bits per heavy atom. The Labute approximate surface area is 112 Å². The van der Waals surface area contributed by atoms with Crippen molar-refractivity contribution < 1.29 is 14.7 Å². The molecule has 0 radical (unpaired) electrons. The van der Waals surface area contributed by atoms with Gasteiger partial charge in [-0.2, -0.15) is 0 Å². The fraction of sp³-hybridized carbons (Fsp3) is 0.333. The van der Waals surface area contributed by atoms with Crippen LogP contribution in [0.1, 0.15) is 37.9 Å². The van der Waals surface area contributed by atoms with Crippen molar-refractivity contribution in [3.8, 4) is 0 Å². The highest BCUT2D eigenvalue weighted by atomic mass is 16.3. The average Bonchev–Trinajstić information content (AvgIpc) is 2.63. The summed E-state index contributed by atoms with van der Waals surface area (Å²) in [6.07, 6.45) is 0.383. The molecule has 1 atom stereocenters. The van der Waals surface area contributed by atoms with Crippen molar-refractivity contribution in [1.29, 1.82) is 0 Å². The standard InChI is InChI=1S/C15H17NO3/c1-15(2,3)10-6-4-9(5-7-10)12-13(18)11(8-17)14(19)16-12/h4-8,12,18H,1-3H3,(H,16,19). The number of nitrogens with one attached hydrogen (secondary N) is 1. The highest BCUT2D eigenvalue weighted by Gasteiger charge is 2.32. The van der Waals surface area contributed by atoms with Gasteiger partial charge in [0.1, 0.15) is 17.4 Å². The van der Waals surface area contributed by atoms with Crippen molar-refractivity contribution in [2.75, 3.05) is 0 Å². The van der Waals surface area contributed by atoms with E-state index in [0.717, 1.165) is 5.56 Å². The molecule has 0 fully saturated rings. The molecule has 0 bridgehead atoms. The molecule has 1 aromatic rings. The van der Waals surface area contributed by atoms with Crippen LogP contribution < -0.4 is 5.32 Å². The number of aliphatic hydroxyl groups excluding tert-OH is 1. The molecule has 1 aliphatic rings. The van der Waals surface area contributed by atoms with E-state index < -0.39 is 11.9 Å². The van der Waals surface area contributed by atoms with E-state index in [2.05, 4.69) is 26.1 Å². The number of hydrogen-bond acceptors (Lipinski definition) is 3. The van der Waals surface area contributed by atoms with Crippen LogP contribution in [-0.2, 0) is 15.0 Å². The van der Waals surface area contributed by atoms with E-state index >= 15 is 0 Å². The quantitative estimate of drug-likeness (QED) is 0.632. The molecule has 0 saturated heterocycles. The second-order valence-electron chi connectivity index (χ2n) is 5.70. The van der Waals surface area contributed by atoms with Crippen LogP contribution in [0, 0.1) is 0 Å². The topological polar surface area (TPSA) is 66.4 Å². The van der Waals surface area contributed by atoms with E-state index in [-0.39, 0.29) is 16.7 Å². The van der Waals surface area contributed by atoms with Gasteiger partial charge in [0.05, 0.1) is 0 Å². The van der Waals surface area contributed by atoms with Gasteiger partial charge in [-0.3, -0.25) is 9.59 Å². The maximum atomic E-state index is 11.5. The lowest BCUT2D eigenvalue weighted by atomic mass is 9.86. The molecule has 1 amide bonds. The van der Waals surface area contributed by atoms with E-state index in [1.807, 2.05) is 24.3 Å². The number of rotatable bonds is 2. The van der Waals surface area contributed by atoms with Gasteiger partial charge >= 0.3 is 0 Å². The first-order chi connectivity index (χ1) is 8.84. The molecule has 1 aromatic carbocycles. The summed E-state index contributed by atoms with van der Waals surface area (Å²) < 4.78 is 0. The third-order valence-corrected chi connectivity index (χ3v) is 3.30. The molecule has 1 heterocycles. The number of carbonyl (C=O) groups is 2. The third-order valence-electron chi connectivity index (χ3n) is 3.30. The van der Waals surface area contributed by atoms with Gasteiger partial charge in [-0.05, 0) is 16.5 Å². The summed E-state index contributed by atoms with van der Waals surface area (Å²) in [6.45, 7) is 6.34. The van der Waals surface area contributed by atoms with Crippen molar-refractivity contribution in [3.05, 3.63) is 46.7 Å². The molecule has 4 nitrogen and oxygen atoms in total. The summed E-state index contributed by atoms with van der Waals surface area (Å²) in [4.78, 5) is 22.2. The van der Waals surface area contributed by atoms with Crippen molar-refractivity contribution >= 4 is 12.2 Å². The van der Waals surface area contributed by atoms with Gasteiger partial charge in [0, 0.05) is 0 Å². The number of amides is 1. The molecule has 19 heavy (non-hydrogen) atoms. The lowest BCUT2D eigenvalue weighted by Crippen LogP contribution is -2.22. The Hall–Kier alpha value is -2.10. The minimum absolute atomic E-state index is 0.0449. The predicted molar refractivity (Wildman–Crippen MR) is 71.7 cm³/mol. The molecule has 0 aliphatic carbocycles. The smallest absolute Gasteiger partial charge is 0.258 e. The first kappa shape index (κ1) is 13.3. The molecule has 1 unspecified atom stereocenters. The number of carbonyl (C=O) groups excluding carboxylic acids is 2. The Balaban J connectivity index is 2.33. The molecule has 4 heteroatoms. The molecule has 0 saturated carbocycles. The Morgan fingerprint density at radius 3 is 2.21 bits per heavy atom. The zero-order chi connectivity index (χ0) is 14.2. The maximum Gasteiger partial charge on any atom is 0.258 e. The van der Waals surface area contributed by atoms with E-state index in [9.17, 15) is 14.7 Å². The predicted octanol–water partition coefficient (Wildman–Crippen LogP) is 2.17. The molecule has 1 aliphatic heterocycles. The summed E-state index contributed by atoms with van der Waals surface area (Å²) >= 11 is 0. The Bertz CT molecular complexity index is 550. The molecular weight excluding hydrogens is 242 g/mol. The number of aliphatic hydroxyl groups is 1. The molecular formula is C15H17NO3. The van der Waals surface area contributed by atoms with Gasteiger partial charge in [0.25, 0.3) is 5.91 Å². The average molecular weight is 259 g/mol. The highest BCUT2D eigenvalue weighted by molar-refractivity contribution is 6.13. The van der Waals surface area contributed by atoms with Crippen LogP contribution in [-0.4, -0.2) is 17.3 Å². The minimum atomic E-state index is -0.623. The summed E-state index contributed by atoms with van der Waals surface area (Å²) in [6, 6.07) is 7.02. The van der Waals surface area contributed by atoms with Crippen molar-refractivity contribution in [2.45, 2.75) is 32.2 Å². The van der Waals surface area contributed by atoms with Gasteiger partial charge in [-0.1, -0.05) is 45.0 Å². The third kappa shape index (κ3) is 2.38. The summed E-state index contributed by atoms with van der Waals surface area (Å²) in [5.74, 6) is -0.735. The minimum Gasteiger partial charge on any atom is -0.509 e. The second-order valence-corrected chi connectivity index (χ2v) is 5.70. The van der Waals surface area contributed by atoms with Crippen LogP contribution in [0.4, 0.5) is 0 Å². The number of aldehydes is 1. The normalized spacial score (nSPS) is 19.5. The van der Waals surface area contributed by atoms with Crippen molar-refractivity contribution in [1.82, 2.24) is 5.32 Å². The second kappa shape index (κ2) is 4.53. The van der Waals surface area contributed by atoms with Gasteiger partial charge in [-0.15, -0.1) is 0 Å². The van der Waals surface area contributed by atoms with E-state index in [0.29, 0.717) is 6.29 Å². The molecule has 0 spiro atoms. The number of hydrogen-bond donors (Lipinski definition) is 2. The fourth-order valence-electron chi connectivity index (χ4n) is 2.08. The van der Waals surface area contributed by atoms with Crippen LogP contribution in [0.5, 0.6) is 0 Å². The van der Waals surface area contributed by atoms with Gasteiger partial charge in [-0.25, -0.2) is 0 Å². The Morgan fingerprint density at radius 2 is 1.79 bits per heavy atom. The van der Waals surface area contributed by atoms with Crippen LogP contribution in [0.3, 0.4) is 0 Å². The zero-order valence-electron chi connectivity index (χ0n) is 11.2. The lowest BCUT2D eigenvalue weighted by molar-refractivity contribution is -0.118. The fourth-order valence-corrected chi connectivity index (χ4v) is 2.08. The highest BCUT2D eigenvalue weighted by Crippen LogP contribution is 2.29. The van der Waals surface area contributed by atoms with Gasteiger partial charge in [0.15, 0.2) is 6.29 Å². The van der Waals surface area contributed by atoms with E-state index in [4.69, 9.17) is 0 Å². The van der Waals surface area contributed by atoms with E-state index in [1.54, 1.807) is 0 Å². The molecule has 2 rings (SSSR count). The first-order valence-corrected chi connectivity index (χ1v) is 6.14. The molecule has 0 aromatic heterocycles. The molecule has 2 N–H and O–H groups in total. The van der Waals surface area contributed by atoms with Crippen molar-refractivity contribution in [3.63, 3.8) is 0 Å². The van der Waals surface area contributed by atoms with Crippen LogP contribution in [0.2, 0.25) is 0 Å². The lowest BCUT2D eigenvalue weighted by Gasteiger charge is -2.20. The zero-order valence-corrected chi connectivity index (χ0v) is 11.2. The Kier molecular flexibility index (Phi) is 3.18. The van der Waals surface area contributed by atoms with Crippen LogP contribution >= 0.6 is 0 Å². The summed E-state index contributed by atoms with van der Waals surface area (Å²) in [5, 5.41) is 12.5. The maximum absolute atomic E-state index is 11.5. The summed E-state index contributed by atoms with van der Waals surface area (Å²) in [7, 11) is 0. The largest absolute Gasteiger partial charge is 0.509 e. The monoisotopic (exact) mass is 259 g/mol. The summed E-state index contributed by atoms with van der Waals surface area (Å²) in [5.41, 5.74) is 1.78. The van der Waals surface area contributed by atoms with Crippen molar-refractivity contribution in [2.24, 2.45) is 0 Å².